The van der Waals surface area contributed by atoms with E-state index in [0.717, 1.165) is 50.7 Å². The monoisotopic (exact) mass is 1940 g/mol. The van der Waals surface area contributed by atoms with E-state index in [1.807, 2.05) is 159 Å². The minimum Gasteiger partial charge on any atom is -0.481 e. The van der Waals surface area contributed by atoms with Crippen LogP contribution < -0.4 is 81.7 Å². The fourth-order valence-corrected chi connectivity index (χ4v) is 10.3. The number of nitrogens with one attached hydrogen (secondary N) is 5. The Morgan fingerprint density at radius 1 is 0.224 bits per heavy atom. The Kier molecular flexibility index (Phi) is 45.6. The Morgan fingerprint density at radius 3 is 0.776 bits per heavy atom. The molecule has 47 nitrogen and oxygen atoms in total. The molecule has 0 aromatic carbocycles. The topological polar surface area (TPSA) is 645 Å². The quantitative estimate of drug-likeness (QED) is 0.0232. The summed E-state index contributed by atoms with van der Waals surface area (Å²) in [5.74, 6) is 0.833. The molecule has 0 saturated carbocycles. The Balaban J connectivity index is 0.000000182. The zero-order valence-corrected chi connectivity index (χ0v) is 77.4. The minimum atomic E-state index is -0.567. The van der Waals surface area contributed by atoms with Gasteiger partial charge >= 0.3 is 18.0 Å². The second-order valence-corrected chi connectivity index (χ2v) is 27.5. The first-order valence-corrected chi connectivity index (χ1v) is 42.8. The highest BCUT2D eigenvalue weighted by Gasteiger charge is 2.14. The van der Waals surface area contributed by atoms with Crippen LogP contribution in [0.3, 0.4) is 0 Å². The van der Waals surface area contributed by atoms with Gasteiger partial charge in [-0.25, -0.2) is 74.8 Å². The van der Waals surface area contributed by atoms with Crippen molar-refractivity contribution in [3.8, 4) is 138 Å². The van der Waals surface area contributed by atoms with Gasteiger partial charge in [-0.15, -0.1) is 0 Å². The number of pyridine rings is 9. The van der Waals surface area contributed by atoms with Gasteiger partial charge in [0.1, 0.15) is 22.8 Å². The third-order valence-corrected chi connectivity index (χ3v) is 17.0. The van der Waals surface area contributed by atoms with Crippen molar-refractivity contribution in [2.24, 2.45) is 17.2 Å². The fourth-order valence-electron chi connectivity index (χ4n) is 10.3. The second kappa shape index (κ2) is 61.1. The molecular formula is C96H95N31O16. The summed E-state index contributed by atoms with van der Waals surface area (Å²) >= 11 is 0. The van der Waals surface area contributed by atoms with Gasteiger partial charge in [0.15, 0.2) is 87.6 Å². The van der Waals surface area contributed by atoms with E-state index in [9.17, 15) is 38.4 Å². The average molecular weight is 1940 g/mol. The van der Waals surface area contributed by atoms with Crippen LogP contribution in [0.2, 0.25) is 0 Å². The lowest BCUT2D eigenvalue weighted by Gasteiger charge is -2.05. The van der Waals surface area contributed by atoms with Gasteiger partial charge in [-0.1, -0.05) is 48.5 Å². The maximum atomic E-state index is 11.2. The molecule has 0 unspecified atom stereocenters. The van der Waals surface area contributed by atoms with Crippen LogP contribution >= 0.6 is 0 Å². The SMILES string of the molecule is CCNC(=O)COc1cnc(-c2ccccn2)nc1.CCNC(=O)COc1ncc(-c2ccccn2)cn1.CNC(=O)COc1cnc(-c2ccccn2)cn1.CNC(=O)COc1cnc(-c2ccccn2)nc1.CNC(=O)COc1ncc(-c2ccccn2)cn1.NC(=O)COc1ccc(-c2ccccn2)cn1.NC(=O)COc1cnc(-c2ccccn2)nc1.NC(=O)COc1ncc(-c2ccccn2)cn1. The van der Waals surface area contributed by atoms with Crippen LogP contribution in [0.1, 0.15) is 13.8 Å². The number of nitrogens with zero attached hydrogens (tertiary/aromatic N) is 23. The summed E-state index contributed by atoms with van der Waals surface area (Å²) in [6.07, 6.45) is 36.8. The third kappa shape index (κ3) is 40.6. The number of nitrogens with two attached hydrogens (primary N) is 3. The molecule has 0 radical (unpaired) electrons. The summed E-state index contributed by atoms with van der Waals surface area (Å²) in [4.78, 5) is 181. The maximum Gasteiger partial charge on any atom is 0.316 e. The van der Waals surface area contributed by atoms with Crippen LogP contribution in [-0.2, 0) is 38.4 Å². The highest BCUT2D eigenvalue weighted by Crippen LogP contribution is 2.23. The van der Waals surface area contributed by atoms with Crippen LogP contribution in [0.4, 0.5) is 0 Å². The van der Waals surface area contributed by atoms with E-state index in [1.54, 1.807) is 125 Å². The molecule has 0 atom stereocenters. The van der Waals surface area contributed by atoms with Gasteiger partial charge in [-0.2, -0.15) is 0 Å². The summed E-state index contributed by atoms with van der Waals surface area (Å²) in [5.41, 5.74) is 24.7. The van der Waals surface area contributed by atoms with Crippen LogP contribution in [-0.4, -0.2) is 249 Å². The van der Waals surface area contributed by atoms with Gasteiger partial charge in [-0.3, -0.25) is 78.2 Å². The lowest BCUT2D eigenvalue weighted by molar-refractivity contribution is -0.123. The normalized spacial score (nSPS) is 9.88. The van der Waals surface area contributed by atoms with Crippen LogP contribution in [0.25, 0.3) is 91.0 Å². The molecule has 0 bridgehead atoms. The number of primary amides is 3. The molecule has 8 amide bonds. The van der Waals surface area contributed by atoms with Crippen molar-refractivity contribution in [1.29, 1.82) is 0 Å². The summed E-state index contributed by atoms with van der Waals surface area (Å²) in [7, 11) is 4.63. The van der Waals surface area contributed by atoms with Gasteiger partial charge in [0, 0.05) is 156 Å². The summed E-state index contributed by atoms with van der Waals surface area (Å²) < 4.78 is 40.9. The van der Waals surface area contributed by atoms with Crippen molar-refractivity contribution in [3.63, 3.8) is 0 Å². The molecule has 0 saturated heterocycles. The summed E-state index contributed by atoms with van der Waals surface area (Å²) in [5, 5.41) is 12.6. The number of carbonyl (C=O) groups excluding carboxylic acids is 8. The molecule has 0 aliphatic heterocycles. The van der Waals surface area contributed by atoms with Gasteiger partial charge in [0.05, 0.1) is 78.0 Å². The number of rotatable bonds is 34. The lowest BCUT2D eigenvalue weighted by Crippen LogP contribution is -2.28. The molecule has 730 valence electrons. The highest BCUT2D eigenvalue weighted by atomic mass is 16.5. The molecule has 143 heavy (non-hydrogen) atoms. The summed E-state index contributed by atoms with van der Waals surface area (Å²) in [6.45, 7) is 3.90. The Hall–Kier alpha value is -19.9. The third-order valence-electron chi connectivity index (χ3n) is 17.0. The van der Waals surface area contributed by atoms with Crippen LogP contribution in [0.5, 0.6) is 47.0 Å². The first-order valence-electron chi connectivity index (χ1n) is 42.8. The van der Waals surface area contributed by atoms with Gasteiger partial charge in [0.25, 0.3) is 47.3 Å². The molecule has 0 fully saturated rings. The first kappa shape index (κ1) is 107. The number of likely N-dealkylation sites (N-methyl/N-ethyl adjacent to an activating group) is 5. The van der Waals surface area contributed by atoms with E-state index in [1.165, 1.54) is 50.4 Å². The second-order valence-electron chi connectivity index (χ2n) is 27.5. The Morgan fingerprint density at radius 2 is 0.483 bits per heavy atom. The van der Waals surface area contributed by atoms with E-state index in [0.29, 0.717) is 82.3 Å². The molecular weight excluding hydrogens is 1840 g/mol. The largest absolute Gasteiger partial charge is 0.481 e. The Bertz CT molecular complexity index is 5890. The average Bonchev–Trinajstić information content (AvgIpc) is 0.907. The van der Waals surface area contributed by atoms with Gasteiger partial charge in [-0.05, 0) is 117 Å². The molecule has 16 heterocycles. The zero-order valence-electron chi connectivity index (χ0n) is 77.4. The van der Waals surface area contributed by atoms with Crippen molar-refractivity contribution < 1.29 is 76.3 Å². The van der Waals surface area contributed by atoms with E-state index < -0.39 is 17.7 Å². The molecule has 0 aliphatic carbocycles. The van der Waals surface area contributed by atoms with E-state index in [2.05, 4.69) is 141 Å². The first-order chi connectivity index (χ1) is 69.7. The molecule has 16 rings (SSSR count). The van der Waals surface area contributed by atoms with Gasteiger partial charge < -0.3 is 81.7 Å². The van der Waals surface area contributed by atoms with Crippen molar-refractivity contribution in [2.45, 2.75) is 13.8 Å². The number of amides is 8. The number of carbonyl (C=O) groups is 8. The molecule has 11 N–H and O–H groups in total. The molecule has 16 aromatic rings. The van der Waals surface area contributed by atoms with E-state index in [4.69, 9.17) is 55.1 Å². The predicted molar refractivity (Wildman–Crippen MR) is 515 cm³/mol. The fraction of sp³-hybridized carbons (Fsp3) is 0.156. The van der Waals surface area contributed by atoms with Crippen LogP contribution in [0, 0.1) is 0 Å². The Labute approximate surface area is 817 Å². The van der Waals surface area contributed by atoms with Gasteiger partial charge in [0.2, 0.25) is 11.8 Å². The van der Waals surface area contributed by atoms with Crippen molar-refractivity contribution in [2.75, 3.05) is 87.1 Å². The smallest absolute Gasteiger partial charge is 0.316 e. The standard InChI is InChI=1S/2C13H14N4O2.3C12H12N4O2.C12H11N3O2.2C11H10N4O2/c1-2-14-12(18)9-19-10-7-16-13(17-8-10)11-5-3-4-6-15-11;1-2-14-12(18)9-19-13-16-7-10(8-17-13)11-5-3-4-6-15-11;1-13-11(17)8-18-9-6-15-12(16-7-9)10-4-2-3-5-14-10;1-13-11(17)8-18-12-15-6-9(7-16-12)10-4-2-3-5-14-10;1-13-11(17)8-18-12-7-15-10(6-16-12)9-4-2-3-5-14-9;13-11(16)8-17-12-5-4-9(7-15-12)10-3-1-2-6-14-10;12-10(16)7-17-8-5-14-11(15-6-8)9-3-1-2-4-13-9;12-10(16)7-17-11-14-5-8(6-15-11)9-3-1-2-4-13-9/h2*3-8H,2,9H2,1H3,(H,14,18);3*2-7H,8H2,1H3,(H,13,17);1-7H,8H2,(H2,13,16);2*1-6H,7H2,(H2,12,16). The predicted octanol–water partition coefficient (Wildman–Crippen LogP) is 5.91. The molecule has 0 spiro atoms. The van der Waals surface area contributed by atoms with E-state index >= 15 is 0 Å². The number of aromatic nitrogens is 23. The lowest BCUT2D eigenvalue weighted by atomic mass is 10.2. The number of hydrogen-bond donors (Lipinski definition) is 8. The molecule has 0 aliphatic rings. The van der Waals surface area contributed by atoms with E-state index in [-0.39, 0.29) is 100 Å². The number of hydrogen-bond acceptors (Lipinski definition) is 39. The summed E-state index contributed by atoms with van der Waals surface area (Å²) in [6, 6.07) is 48.4. The van der Waals surface area contributed by atoms with Crippen molar-refractivity contribution in [1.82, 2.24) is 141 Å². The molecule has 16 aromatic heterocycles. The minimum absolute atomic E-state index is 0.0415. The van der Waals surface area contributed by atoms with Crippen LogP contribution in [0.15, 0.2) is 300 Å². The van der Waals surface area contributed by atoms with Crippen molar-refractivity contribution >= 4 is 47.3 Å². The highest BCUT2D eigenvalue weighted by molar-refractivity contribution is 5.80. The number of ether oxygens (including phenoxy) is 8. The maximum absolute atomic E-state index is 11.2. The molecule has 47 heteroatoms. The zero-order chi connectivity index (χ0) is 102. The van der Waals surface area contributed by atoms with Crippen molar-refractivity contribution in [3.05, 3.63) is 300 Å².